The van der Waals surface area contributed by atoms with Gasteiger partial charge in [-0.15, -0.1) is 0 Å². The zero-order chi connectivity index (χ0) is 28.7. The number of urea groups is 1. The molecule has 1 aliphatic carbocycles. The number of anilines is 1. The van der Waals surface area contributed by atoms with E-state index in [4.69, 9.17) is 4.74 Å². The minimum atomic E-state index is -0.503. The average Bonchev–Trinajstić information content (AvgIpc) is 2.98. The molecule has 2 saturated heterocycles. The molecule has 8 heteroatoms. The Kier molecular flexibility index (Phi) is 9.41. The van der Waals surface area contributed by atoms with Crippen LogP contribution >= 0.6 is 0 Å². The molecule has 8 nitrogen and oxygen atoms in total. The van der Waals surface area contributed by atoms with Crippen LogP contribution in [0.4, 0.5) is 10.5 Å². The van der Waals surface area contributed by atoms with Crippen molar-refractivity contribution < 1.29 is 14.3 Å². The number of rotatable bonds is 6. The quantitative estimate of drug-likeness (QED) is 0.336. The smallest absolute Gasteiger partial charge is 0.319 e. The van der Waals surface area contributed by atoms with Gasteiger partial charge in [-0.05, 0) is 88.7 Å². The van der Waals surface area contributed by atoms with Crippen LogP contribution in [-0.2, 0) is 4.79 Å². The van der Waals surface area contributed by atoms with Gasteiger partial charge in [0.25, 0.3) is 0 Å². The Morgan fingerprint density at radius 3 is 2.48 bits per heavy atom. The fourth-order valence-electron chi connectivity index (χ4n) is 6.85. The van der Waals surface area contributed by atoms with Crippen molar-refractivity contribution in [3.8, 4) is 11.5 Å². The lowest BCUT2D eigenvalue weighted by atomic mass is 9.86. The van der Waals surface area contributed by atoms with E-state index in [1.165, 1.54) is 38.5 Å². The molecule has 3 amide bonds. The summed E-state index contributed by atoms with van der Waals surface area (Å²) in [7, 11) is 0. The van der Waals surface area contributed by atoms with E-state index in [0.29, 0.717) is 17.2 Å². The van der Waals surface area contributed by atoms with Crippen molar-refractivity contribution in [1.82, 2.24) is 20.9 Å². The summed E-state index contributed by atoms with van der Waals surface area (Å²) in [4.78, 5) is 29.3. The Morgan fingerprint density at radius 2 is 1.62 bits per heavy atom. The molecule has 0 aromatic heterocycles. The molecule has 3 aliphatic heterocycles. The molecule has 6 rings (SSSR count). The number of hydrogen-bond donors (Lipinski definition) is 4. The van der Waals surface area contributed by atoms with Gasteiger partial charge in [0.05, 0.1) is 5.92 Å². The van der Waals surface area contributed by atoms with E-state index in [-0.39, 0.29) is 24.0 Å². The lowest BCUT2D eigenvalue weighted by molar-refractivity contribution is -0.122. The van der Waals surface area contributed by atoms with E-state index in [2.05, 4.69) is 32.2 Å². The minimum absolute atomic E-state index is 0.00974. The number of amides is 3. The van der Waals surface area contributed by atoms with Crippen molar-refractivity contribution in [1.29, 1.82) is 0 Å². The summed E-state index contributed by atoms with van der Waals surface area (Å²) in [5.74, 6) is 0.846. The first-order valence-corrected chi connectivity index (χ1v) is 16.0. The van der Waals surface area contributed by atoms with Gasteiger partial charge in [0.15, 0.2) is 0 Å². The molecule has 3 heterocycles. The Bertz CT molecular complexity index is 1280. The number of nitrogens with zero attached hydrogens (tertiary/aromatic N) is 1. The number of carbonyl (C=O) groups is 2. The number of nitrogens with one attached hydrogen (secondary N) is 4. The molecule has 4 N–H and O–H groups in total. The van der Waals surface area contributed by atoms with Crippen LogP contribution in [0.25, 0.3) is 0 Å². The molecule has 0 spiro atoms. The Hall–Kier alpha value is -3.36. The maximum absolute atomic E-state index is 14.0. The van der Waals surface area contributed by atoms with E-state index in [9.17, 15) is 9.59 Å². The highest BCUT2D eigenvalue weighted by atomic mass is 16.5. The van der Waals surface area contributed by atoms with Gasteiger partial charge in [-0.1, -0.05) is 42.7 Å². The van der Waals surface area contributed by atoms with Crippen LogP contribution < -0.4 is 26.0 Å². The molecular formula is C34H45N5O3. The first kappa shape index (κ1) is 28.7. The molecule has 2 aromatic carbocycles. The predicted octanol–water partition coefficient (Wildman–Crippen LogP) is 5.66. The molecule has 2 aromatic rings. The number of likely N-dealkylation sites (tertiary alicyclic amines) is 1. The van der Waals surface area contributed by atoms with Crippen molar-refractivity contribution >= 4 is 17.6 Å². The summed E-state index contributed by atoms with van der Waals surface area (Å²) < 4.78 is 6.20. The van der Waals surface area contributed by atoms with Crippen LogP contribution in [0, 0.1) is 0 Å². The van der Waals surface area contributed by atoms with Crippen molar-refractivity contribution in [3.63, 3.8) is 0 Å². The van der Waals surface area contributed by atoms with Crippen LogP contribution in [0.5, 0.6) is 11.5 Å². The van der Waals surface area contributed by atoms with Gasteiger partial charge in [0.1, 0.15) is 11.5 Å². The van der Waals surface area contributed by atoms with Crippen LogP contribution in [0.3, 0.4) is 0 Å². The average molecular weight is 572 g/mol. The highest BCUT2D eigenvalue weighted by Gasteiger charge is 2.34. The lowest BCUT2D eigenvalue weighted by Crippen LogP contribution is -2.46. The second kappa shape index (κ2) is 13.7. The molecule has 0 bridgehead atoms. The van der Waals surface area contributed by atoms with Crippen LogP contribution in [0.1, 0.15) is 81.3 Å². The topological polar surface area (TPSA) is 94.7 Å². The number of para-hydroxylation sites is 1. The number of benzene rings is 2. The van der Waals surface area contributed by atoms with Crippen LogP contribution in [0.2, 0.25) is 0 Å². The molecule has 2 fully saturated rings. The van der Waals surface area contributed by atoms with Crippen molar-refractivity contribution in [2.75, 3.05) is 38.0 Å². The number of fused-ring (bicyclic) bond motifs is 2. The monoisotopic (exact) mass is 571 g/mol. The van der Waals surface area contributed by atoms with E-state index < -0.39 is 5.92 Å². The third-order valence-corrected chi connectivity index (χ3v) is 9.21. The predicted molar refractivity (Wildman–Crippen MR) is 166 cm³/mol. The van der Waals surface area contributed by atoms with Gasteiger partial charge >= 0.3 is 6.03 Å². The summed E-state index contributed by atoms with van der Waals surface area (Å²) in [6, 6.07) is 13.4. The summed E-state index contributed by atoms with van der Waals surface area (Å²) >= 11 is 0. The largest absolute Gasteiger partial charge is 0.457 e. The summed E-state index contributed by atoms with van der Waals surface area (Å²) in [5.41, 5.74) is 3.88. The fraction of sp³-hybridized carbons (Fsp3) is 0.529. The number of piperidine rings is 2. The SMILES string of the molecule is O=C(Nc1ccc2c(c1)C(C(=O)NC1CCN(C/C3=C/CCCCCC3)CC1)c1ccccc1O2)NC1CCNCC1. The molecule has 224 valence electrons. The minimum Gasteiger partial charge on any atom is -0.457 e. The first-order valence-electron chi connectivity index (χ1n) is 16.0. The Labute approximate surface area is 249 Å². The second-order valence-electron chi connectivity index (χ2n) is 12.3. The van der Waals surface area contributed by atoms with Gasteiger partial charge in [-0.3, -0.25) is 9.69 Å². The van der Waals surface area contributed by atoms with Crippen molar-refractivity contribution in [2.24, 2.45) is 0 Å². The summed E-state index contributed by atoms with van der Waals surface area (Å²) in [6.07, 6.45) is 14.0. The zero-order valence-electron chi connectivity index (χ0n) is 24.6. The van der Waals surface area contributed by atoms with Gasteiger partial charge in [-0.2, -0.15) is 0 Å². The number of allylic oxidation sites excluding steroid dienone is 1. The lowest BCUT2D eigenvalue weighted by Gasteiger charge is -2.35. The van der Waals surface area contributed by atoms with Crippen molar-refractivity contribution in [2.45, 2.75) is 82.2 Å². The third-order valence-electron chi connectivity index (χ3n) is 9.21. The van der Waals surface area contributed by atoms with Gasteiger partial charge in [0, 0.05) is 48.5 Å². The van der Waals surface area contributed by atoms with E-state index in [0.717, 1.165) is 69.5 Å². The maximum atomic E-state index is 14.0. The molecule has 0 radical (unpaired) electrons. The number of carbonyl (C=O) groups excluding carboxylic acids is 2. The molecule has 4 aliphatic rings. The van der Waals surface area contributed by atoms with Crippen LogP contribution in [0.15, 0.2) is 54.1 Å². The Balaban J connectivity index is 1.11. The summed E-state index contributed by atoms with van der Waals surface area (Å²) in [6.45, 7) is 4.90. The molecule has 42 heavy (non-hydrogen) atoms. The zero-order valence-corrected chi connectivity index (χ0v) is 24.6. The second-order valence-corrected chi connectivity index (χ2v) is 12.3. The highest BCUT2D eigenvalue weighted by molar-refractivity contribution is 5.92. The molecule has 1 unspecified atom stereocenters. The normalized spacial score (nSPS) is 23.1. The third kappa shape index (κ3) is 7.16. The molecule has 0 saturated carbocycles. The van der Waals surface area contributed by atoms with E-state index in [1.807, 2.05) is 42.5 Å². The van der Waals surface area contributed by atoms with Gasteiger partial charge in [-0.25, -0.2) is 4.79 Å². The van der Waals surface area contributed by atoms with Gasteiger partial charge < -0.3 is 26.0 Å². The van der Waals surface area contributed by atoms with Crippen LogP contribution in [-0.4, -0.2) is 61.6 Å². The maximum Gasteiger partial charge on any atom is 0.319 e. The van der Waals surface area contributed by atoms with Gasteiger partial charge in [0.2, 0.25) is 5.91 Å². The highest BCUT2D eigenvalue weighted by Crippen LogP contribution is 2.45. The van der Waals surface area contributed by atoms with Crippen molar-refractivity contribution in [3.05, 3.63) is 65.2 Å². The Morgan fingerprint density at radius 1 is 0.857 bits per heavy atom. The molecular weight excluding hydrogens is 526 g/mol. The first-order chi connectivity index (χ1) is 20.6. The number of hydrogen-bond acceptors (Lipinski definition) is 5. The molecule has 1 atom stereocenters. The standard InChI is InChI=1S/C34H45N5O3/c40-33(36-26-16-20-39(21-17-26)23-24-8-4-2-1-3-5-9-24)32-28-10-6-7-11-30(28)42-31-13-12-27(22-29(31)32)38-34(41)37-25-14-18-35-19-15-25/h6-8,10-13,22,25-26,32,35H,1-5,9,14-21,23H2,(H,36,40)(H2,37,38,41)/b24-8+. The van der Waals surface area contributed by atoms with E-state index in [1.54, 1.807) is 5.57 Å². The van der Waals surface area contributed by atoms with E-state index >= 15 is 0 Å². The summed E-state index contributed by atoms with van der Waals surface area (Å²) in [5, 5.41) is 12.8. The fourth-order valence-corrected chi connectivity index (χ4v) is 6.85. The number of ether oxygens (including phenoxy) is 1.